The van der Waals surface area contributed by atoms with Gasteiger partial charge in [-0.3, -0.25) is 10.1 Å². The van der Waals surface area contributed by atoms with Gasteiger partial charge in [0.1, 0.15) is 11.9 Å². The van der Waals surface area contributed by atoms with Crippen LogP contribution >= 0.6 is 0 Å². The maximum Gasteiger partial charge on any atom is 0.311 e. The van der Waals surface area contributed by atoms with Crippen molar-refractivity contribution >= 4 is 22.3 Å². The molecule has 0 spiro atoms. The van der Waals surface area contributed by atoms with Gasteiger partial charge in [0.15, 0.2) is 0 Å². The van der Waals surface area contributed by atoms with E-state index in [4.69, 9.17) is 0 Å². The number of rotatable bonds is 4. The Kier molecular flexibility index (Phi) is 2.62. The van der Waals surface area contributed by atoms with Crippen molar-refractivity contribution in [3.63, 3.8) is 0 Å². The van der Waals surface area contributed by atoms with Gasteiger partial charge >= 0.3 is 5.69 Å². The molecule has 0 atom stereocenters. The van der Waals surface area contributed by atoms with E-state index in [0.717, 1.165) is 17.4 Å². The number of nitro groups is 1. The first-order chi connectivity index (χ1) is 9.09. The Labute approximate surface area is 110 Å². The Bertz CT molecular complexity index is 650. The molecule has 19 heavy (non-hydrogen) atoms. The molecule has 0 aliphatic heterocycles. The van der Waals surface area contributed by atoms with Crippen LogP contribution in [0.3, 0.4) is 0 Å². The smallest absolute Gasteiger partial charge is 0.311 e. The standard InChI is InChI=1S/C14H15N3O2/c1-14(6-7-14)9-16-13-10-4-2-3-5-11(10)15-8-12(13)17(18)19/h2-5,8H,6-7,9H2,1H3,(H,15,16). The molecule has 0 amide bonds. The van der Waals surface area contributed by atoms with Crippen molar-refractivity contribution in [2.24, 2.45) is 5.41 Å². The van der Waals surface area contributed by atoms with E-state index in [1.807, 2.05) is 24.3 Å². The Morgan fingerprint density at radius 2 is 2.16 bits per heavy atom. The molecule has 2 aromatic rings. The van der Waals surface area contributed by atoms with E-state index in [9.17, 15) is 10.1 Å². The molecule has 1 aliphatic carbocycles. The number of hydrogen-bond acceptors (Lipinski definition) is 4. The molecule has 1 saturated carbocycles. The van der Waals surface area contributed by atoms with Gasteiger partial charge in [0.2, 0.25) is 0 Å². The third-order valence-corrected chi connectivity index (χ3v) is 3.75. The molecule has 1 aromatic heterocycles. The van der Waals surface area contributed by atoms with Gasteiger partial charge < -0.3 is 5.32 Å². The lowest BCUT2D eigenvalue weighted by Gasteiger charge is -2.13. The van der Waals surface area contributed by atoms with E-state index >= 15 is 0 Å². The molecule has 1 heterocycles. The molecule has 0 unspecified atom stereocenters. The molecule has 5 nitrogen and oxygen atoms in total. The number of pyridine rings is 1. The first kappa shape index (κ1) is 11.9. The monoisotopic (exact) mass is 257 g/mol. The second-order valence-electron chi connectivity index (χ2n) is 5.46. The lowest BCUT2D eigenvalue weighted by atomic mass is 10.1. The topological polar surface area (TPSA) is 68.1 Å². The van der Waals surface area contributed by atoms with Crippen molar-refractivity contribution < 1.29 is 4.92 Å². The predicted molar refractivity (Wildman–Crippen MR) is 74.2 cm³/mol. The van der Waals surface area contributed by atoms with Crippen molar-refractivity contribution in [3.05, 3.63) is 40.6 Å². The molecule has 1 aliphatic rings. The Balaban J connectivity index is 2.06. The lowest BCUT2D eigenvalue weighted by Crippen LogP contribution is -2.13. The molecule has 3 rings (SSSR count). The van der Waals surface area contributed by atoms with E-state index in [0.29, 0.717) is 5.69 Å². The molecule has 0 radical (unpaired) electrons. The van der Waals surface area contributed by atoms with E-state index in [1.54, 1.807) is 0 Å². The molecule has 0 saturated heterocycles. The number of para-hydroxylation sites is 1. The third-order valence-electron chi connectivity index (χ3n) is 3.75. The van der Waals surface area contributed by atoms with Crippen LogP contribution in [-0.4, -0.2) is 16.5 Å². The van der Waals surface area contributed by atoms with E-state index in [-0.39, 0.29) is 16.0 Å². The predicted octanol–water partition coefficient (Wildman–Crippen LogP) is 3.36. The summed E-state index contributed by atoms with van der Waals surface area (Å²) in [6.45, 7) is 2.96. The maximum absolute atomic E-state index is 11.1. The molecule has 1 aromatic carbocycles. The van der Waals surface area contributed by atoms with E-state index < -0.39 is 0 Å². The maximum atomic E-state index is 11.1. The van der Waals surface area contributed by atoms with Crippen LogP contribution in [0.15, 0.2) is 30.5 Å². The van der Waals surface area contributed by atoms with Crippen molar-refractivity contribution in [3.8, 4) is 0 Å². The third kappa shape index (κ3) is 2.23. The van der Waals surface area contributed by atoms with Crippen LogP contribution in [0, 0.1) is 15.5 Å². The Morgan fingerprint density at radius 1 is 1.42 bits per heavy atom. The number of hydrogen-bond donors (Lipinski definition) is 1. The number of aromatic nitrogens is 1. The Morgan fingerprint density at radius 3 is 2.84 bits per heavy atom. The van der Waals surface area contributed by atoms with Gasteiger partial charge in [0, 0.05) is 11.9 Å². The fourth-order valence-electron chi connectivity index (χ4n) is 2.15. The summed E-state index contributed by atoms with van der Waals surface area (Å²) in [5.41, 5.74) is 1.70. The van der Waals surface area contributed by atoms with Crippen LogP contribution in [0.5, 0.6) is 0 Å². The van der Waals surface area contributed by atoms with Gasteiger partial charge in [-0.1, -0.05) is 25.1 Å². The van der Waals surface area contributed by atoms with Gasteiger partial charge in [-0.15, -0.1) is 0 Å². The van der Waals surface area contributed by atoms with Gasteiger partial charge in [-0.05, 0) is 24.3 Å². The van der Waals surface area contributed by atoms with Gasteiger partial charge in [-0.2, -0.15) is 0 Å². The largest absolute Gasteiger partial charge is 0.378 e. The molecular weight excluding hydrogens is 242 g/mol. The van der Waals surface area contributed by atoms with Crippen molar-refractivity contribution in [1.29, 1.82) is 0 Å². The highest BCUT2D eigenvalue weighted by atomic mass is 16.6. The molecule has 5 heteroatoms. The van der Waals surface area contributed by atoms with Crippen LogP contribution in [-0.2, 0) is 0 Å². The SMILES string of the molecule is CC1(CNc2c([N+](=O)[O-])cnc3ccccc23)CC1. The van der Waals surface area contributed by atoms with Crippen molar-refractivity contribution in [1.82, 2.24) is 4.98 Å². The van der Waals surface area contributed by atoms with Crippen molar-refractivity contribution in [2.75, 3.05) is 11.9 Å². The minimum Gasteiger partial charge on any atom is -0.378 e. The molecule has 98 valence electrons. The normalized spacial score (nSPS) is 16.3. The number of nitrogens with one attached hydrogen (secondary N) is 1. The average molecular weight is 257 g/mol. The molecule has 1 N–H and O–H groups in total. The summed E-state index contributed by atoms with van der Waals surface area (Å²) in [5.74, 6) is 0. The zero-order valence-electron chi connectivity index (χ0n) is 10.7. The van der Waals surface area contributed by atoms with Gasteiger partial charge in [0.25, 0.3) is 0 Å². The van der Waals surface area contributed by atoms with Crippen LogP contribution in [0.2, 0.25) is 0 Å². The van der Waals surface area contributed by atoms with Crippen LogP contribution in [0.1, 0.15) is 19.8 Å². The minimum absolute atomic E-state index is 0.0444. The summed E-state index contributed by atoms with van der Waals surface area (Å²) in [6, 6.07) is 7.49. The van der Waals surface area contributed by atoms with Crippen molar-refractivity contribution in [2.45, 2.75) is 19.8 Å². The van der Waals surface area contributed by atoms with E-state index in [2.05, 4.69) is 17.2 Å². The summed E-state index contributed by atoms with van der Waals surface area (Å²) >= 11 is 0. The highest BCUT2D eigenvalue weighted by Gasteiger charge is 2.37. The average Bonchev–Trinajstić information content (AvgIpc) is 3.14. The summed E-state index contributed by atoms with van der Waals surface area (Å²) < 4.78 is 0. The number of anilines is 1. The fourth-order valence-corrected chi connectivity index (χ4v) is 2.15. The summed E-state index contributed by atoms with van der Waals surface area (Å²) in [4.78, 5) is 14.9. The summed E-state index contributed by atoms with van der Waals surface area (Å²) in [7, 11) is 0. The summed E-state index contributed by atoms with van der Waals surface area (Å²) in [6.07, 6.45) is 3.69. The summed E-state index contributed by atoms with van der Waals surface area (Å²) in [5, 5.41) is 15.2. The van der Waals surface area contributed by atoms with Gasteiger partial charge in [0.05, 0.1) is 10.4 Å². The minimum atomic E-state index is -0.378. The number of benzene rings is 1. The highest BCUT2D eigenvalue weighted by molar-refractivity contribution is 5.95. The molecule has 1 fully saturated rings. The van der Waals surface area contributed by atoms with Gasteiger partial charge in [-0.25, -0.2) is 4.98 Å². The van der Waals surface area contributed by atoms with Crippen LogP contribution < -0.4 is 5.32 Å². The first-order valence-corrected chi connectivity index (χ1v) is 6.35. The number of nitrogens with zero attached hydrogens (tertiary/aromatic N) is 2. The second kappa shape index (κ2) is 4.19. The second-order valence-corrected chi connectivity index (χ2v) is 5.46. The van der Waals surface area contributed by atoms with Crippen LogP contribution in [0.4, 0.5) is 11.4 Å². The molecular formula is C14H15N3O2. The lowest BCUT2D eigenvalue weighted by molar-refractivity contribution is -0.384. The quantitative estimate of drug-likeness (QED) is 0.673. The first-order valence-electron chi connectivity index (χ1n) is 6.35. The van der Waals surface area contributed by atoms with E-state index in [1.165, 1.54) is 19.0 Å². The zero-order chi connectivity index (χ0) is 13.5. The van der Waals surface area contributed by atoms with Crippen LogP contribution in [0.25, 0.3) is 10.9 Å². The molecule has 0 bridgehead atoms. The fraction of sp³-hybridized carbons (Fsp3) is 0.357. The number of fused-ring (bicyclic) bond motifs is 1. The Hall–Kier alpha value is -2.17. The zero-order valence-corrected chi connectivity index (χ0v) is 10.7. The highest BCUT2D eigenvalue weighted by Crippen LogP contribution is 2.45.